The number of carbonyl (C=O) groups is 3. The summed E-state index contributed by atoms with van der Waals surface area (Å²) in [5, 5.41) is 45.1. The predicted octanol–water partition coefficient (Wildman–Crippen LogP) is 1.29. The van der Waals surface area contributed by atoms with E-state index in [1.807, 2.05) is 12.1 Å². The Morgan fingerprint density at radius 1 is 1.14 bits per heavy atom. The number of ether oxygens (including phenoxy) is 1. The van der Waals surface area contributed by atoms with Gasteiger partial charge in [-0.25, -0.2) is 0 Å². The number of amides is 1. The van der Waals surface area contributed by atoms with E-state index in [0.717, 1.165) is 11.1 Å². The lowest BCUT2D eigenvalue weighted by Gasteiger charge is -2.50. The fraction of sp³-hybridized carbons (Fsp3) is 0.367. The van der Waals surface area contributed by atoms with E-state index in [9.17, 15) is 34.8 Å². The molecule has 1 saturated carbocycles. The number of hydroxylamine groups is 1. The number of phenolic OH excluding ortho intramolecular Hbond substituents is 1. The number of rotatable bonds is 7. The van der Waals surface area contributed by atoms with Crippen LogP contribution in [0, 0.1) is 11.8 Å². The fourth-order valence-electron chi connectivity index (χ4n) is 6.75. The first-order valence-corrected chi connectivity index (χ1v) is 13.3. The number of Topliss-reactive ketones (excluding diaryl/α,β-unsaturated/α-hetero) is 2. The number of fused-ring (bicyclic) bond motifs is 3. The molecule has 1 fully saturated rings. The number of methoxy groups -OCH3 is 1. The first-order valence-electron chi connectivity index (χ1n) is 13.3. The Morgan fingerprint density at radius 2 is 1.86 bits per heavy atom. The number of aromatic hydroxyl groups is 1. The van der Waals surface area contributed by atoms with Crippen LogP contribution in [-0.2, 0) is 32.2 Å². The highest BCUT2D eigenvalue weighted by molar-refractivity contribution is 6.24. The highest BCUT2D eigenvalue weighted by atomic mass is 16.6. The van der Waals surface area contributed by atoms with Crippen LogP contribution in [0.15, 0.2) is 47.2 Å². The van der Waals surface area contributed by atoms with Gasteiger partial charge in [0.25, 0.3) is 5.91 Å². The van der Waals surface area contributed by atoms with Crippen LogP contribution in [0.1, 0.15) is 23.1 Å². The summed E-state index contributed by atoms with van der Waals surface area (Å²) in [5.41, 5.74) is 7.24. The molecule has 1 amide bonds. The van der Waals surface area contributed by atoms with E-state index in [-0.39, 0.29) is 29.7 Å². The van der Waals surface area contributed by atoms with Crippen LogP contribution in [-0.4, -0.2) is 82.8 Å². The molecular weight excluding hydrogens is 546 g/mol. The molecule has 0 spiro atoms. The molecular formula is C30H33N3O9. The molecule has 2 aromatic rings. The van der Waals surface area contributed by atoms with Crippen molar-refractivity contribution in [2.24, 2.45) is 17.6 Å². The SMILES string of the molecule is CONCc1cc(-c2ccc(O)c3c2C[C@H]2C[C@H]4[C@H](N(C)C)C(=O)C(C(N)=O)=C(O)[C@@]4(O)C(=O)C2=C3O)ccc1OC. The molecule has 12 nitrogen and oxygen atoms in total. The monoisotopic (exact) mass is 579 g/mol. The van der Waals surface area contributed by atoms with Gasteiger partial charge in [-0.15, -0.1) is 0 Å². The standard InChI is InChI=1S/C30H33N3O9/c1-33(2)24-18-11-14-10-17-16(13-5-8-20(41-3)15(9-13)12-32-42-4)6-7-19(34)22(17)25(35)21(14)27(37)30(18,40)28(38)23(26(24)36)29(31)39/h5-9,14,18,24,32,34-35,38,40H,10-12H2,1-4H3,(H2,31,39)/t14-,18-,24-,30-/m0/s1. The third-order valence-corrected chi connectivity index (χ3v) is 8.60. The van der Waals surface area contributed by atoms with E-state index >= 15 is 0 Å². The lowest BCUT2D eigenvalue weighted by molar-refractivity contribution is -0.153. The van der Waals surface area contributed by atoms with Gasteiger partial charge in [-0.1, -0.05) is 12.1 Å². The average molecular weight is 580 g/mol. The van der Waals surface area contributed by atoms with E-state index in [2.05, 4.69) is 5.48 Å². The first kappa shape index (κ1) is 29.3. The Bertz CT molecular complexity index is 1580. The summed E-state index contributed by atoms with van der Waals surface area (Å²) in [6.45, 7) is 0.338. The molecule has 3 aliphatic carbocycles. The molecule has 222 valence electrons. The molecule has 0 saturated heterocycles. The highest BCUT2D eigenvalue weighted by Crippen LogP contribution is 2.53. The summed E-state index contributed by atoms with van der Waals surface area (Å²) in [6.07, 6.45) is 0.183. The predicted molar refractivity (Wildman–Crippen MR) is 150 cm³/mol. The largest absolute Gasteiger partial charge is 0.508 e. The number of nitrogens with zero attached hydrogens (tertiary/aromatic N) is 1. The topological polar surface area (TPSA) is 192 Å². The number of carbonyl (C=O) groups excluding carboxylic acids is 3. The Balaban J connectivity index is 1.69. The minimum absolute atomic E-state index is 0.00643. The van der Waals surface area contributed by atoms with Gasteiger partial charge in [0.1, 0.15) is 28.6 Å². The molecule has 12 heteroatoms. The van der Waals surface area contributed by atoms with Crippen molar-refractivity contribution in [2.75, 3.05) is 28.3 Å². The summed E-state index contributed by atoms with van der Waals surface area (Å²) >= 11 is 0. The number of nitrogens with two attached hydrogens (primary N) is 1. The maximum Gasteiger partial charge on any atom is 0.255 e. The van der Waals surface area contributed by atoms with Crippen LogP contribution in [0.5, 0.6) is 11.5 Å². The molecule has 0 bridgehead atoms. The molecule has 0 unspecified atom stereocenters. The van der Waals surface area contributed by atoms with Gasteiger partial charge in [0.05, 0.1) is 25.8 Å². The van der Waals surface area contributed by atoms with E-state index in [1.165, 1.54) is 18.1 Å². The van der Waals surface area contributed by atoms with Crippen molar-refractivity contribution in [1.82, 2.24) is 10.4 Å². The highest BCUT2D eigenvalue weighted by Gasteiger charge is 2.64. The number of hydrogen-bond donors (Lipinski definition) is 6. The number of hydrogen-bond acceptors (Lipinski definition) is 11. The quantitative estimate of drug-likeness (QED) is 0.205. The second kappa shape index (κ2) is 10.6. The molecule has 0 heterocycles. The first-order chi connectivity index (χ1) is 19.9. The zero-order valence-electron chi connectivity index (χ0n) is 23.6. The Labute approximate surface area is 241 Å². The molecule has 0 radical (unpaired) electrons. The van der Waals surface area contributed by atoms with Crippen molar-refractivity contribution in [3.05, 3.63) is 63.9 Å². The number of benzene rings is 2. The number of ketones is 2. The fourth-order valence-corrected chi connectivity index (χ4v) is 6.75. The van der Waals surface area contributed by atoms with Crippen LogP contribution in [0.2, 0.25) is 0 Å². The third kappa shape index (κ3) is 4.18. The average Bonchev–Trinajstić information content (AvgIpc) is 2.93. The second-order valence-corrected chi connectivity index (χ2v) is 11.0. The number of aliphatic hydroxyl groups excluding tert-OH is 2. The number of nitrogens with one attached hydrogen (secondary N) is 1. The number of primary amides is 1. The van der Waals surface area contributed by atoms with Crippen LogP contribution in [0.25, 0.3) is 16.9 Å². The molecule has 2 aromatic carbocycles. The molecule has 42 heavy (non-hydrogen) atoms. The van der Waals surface area contributed by atoms with Gasteiger partial charge >= 0.3 is 0 Å². The zero-order chi connectivity index (χ0) is 30.7. The maximum absolute atomic E-state index is 14.0. The van der Waals surface area contributed by atoms with Gasteiger partial charge in [-0.3, -0.25) is 19.3 Å². The van der Waals surface area contributed by atoms with Crippen molar-refractivity contribution in [1.29, 1.82) is 0 Å². The lowest BCUT2D eigenvalue weighted by atomic mass is 9.57. The second-order valence-electron chi connectivity index (χ2n) is 11.0. The number of phenols is 1. The van der Waals surface area contributed by atoms with Gasteiger partial charge in [-0.05, 0) is 67.7 Å². The minimum atomic E-state index is -2.68. The normalized spacial score (nSPS) is 25.3. The molecule has 3 aliphatic rings. The molecule has 7 N–H and O–H groups in total. The van der Waals surface area contributed by atoms with Crippen molar-refractivity contribution in [3.8, 4) is 22.6 Å². The Hall–Kier alpha value is -4.23. The van der Waals surface area contributed by atoms with Crippen LogP contribution in [0.3, 0.4) is 0 Å². The summed E-state index contributed by atoms with van der Waals surface area (Å²) in [5.74, 6) is -6.27. The summed E-state index contributed by atoms with van der Waals surface area (Å²) in [6, 6.07) is 7.47. The third-order valence-electron chi connectivity index (χ3n) is 8.60. The van der Waals surface area contributed by atoms with E-state index in [0.29, 0.717) is 23.4 Å². The summed E-state index contributed by atoms with van der Waals surface area (Å²) < 4.78 is 5.46. The minimum Gasteiger partial charge on any atom is -0.508 e. The van der Waals surface area contributed by atoms with E-state index in [1.54, 1.807) is 33.3 Å². The van der Waals surface area contributed by atoms with Crippen molar-refractivity contribution in [2.45, 2.75) is 31.0 Å². The maximum atomic E-state index is 14.0. The van der Waals surface area contributed by atoms with Gasteiger partial charge in [-0.2, -0.15) is 5.48 Å². The summed E-state index contributed by atoms with van der Waals surface area (Å²) in [4.78, 5) is 45.9. The van der Waals surface area contributed by atoms with Gasteiger partial charge in [0, 0.05) is 23.6 Å². The molecule has 5 rings (SSSR count). The van der Waals surface area contributed by atoms with Crippen molar-refractivity contribution in [3.63, 3.8) is 0 Å². The van der Waals surface area contributed by atoms with E-state index in [4.69, 9.17) is 15.3 Å². The van der Waals surface area contributed by atoms with Crippen molar-refractivity contribution < 1.29 is 44.4 Å². The van der Waals surface area contributed by atoms with Crippen molar-refractivity contribution >= 4 is 23.2 Å². The van der Waals surface area contributed by atoms with Crippen LogP contribution >= 0.6 is 0 Å². The van der Waals surface area contributed by atoms with Crippen LogP contribution in [0.4, 0.5) is 0 Å². The Kier molecular flexibility index (Phi) is 7.35. The van der Waals surface area contributed by atoms with Gasteiger partial charge < -0.3 is 35.7 Å². The Morgan fingerprint density at radius 3 is 2.48 bits per heavy atom. The van der Waals surface area contributed by atoms with E-state index < -0.39 is 58.0 Å². The summed E-state index contributed by atoms with van der Waals surface area (Å²) in [7, 11) is 6.17. The number of aliphatic hydroxyl groups is 3. The van der Waals surface area contributed by atoms with Gasteiger partial charge in [0.2, 0.25) is 5.78 Å². The van der Waals surface area contributed by atoms with Gasteiger partial charge in [0.15, 0.2) is 11.4 Å². The molecule has 0 aromatic heterocycles. The van der Waals surface area contributed by atoms with Crippen LogP contribution < -0.4 is 16.0 Å². The smallest absolute Gasteiger partial charge is 0.255 e. The lowest BCUT2D eigenvalue weighted by Crippen LogP contribution is -2.65. The number of likely N-dealkylation sites (N-methyl/N-ethyl adjacent to an activating group) is 1. The zero-order valence-corrected chi connectivity index (χ0v) is 23.6. The molecule has 4 atom stereocenters. The molecule has 0 aliphatic heterocycles.